The number of para-hydroxylation sites is 2. The molecule has 2 aromatic heterocycles. The van der Waals surface area contributed by atoms with Crippen LogP contribution in [0.3, 0.4) is 0 Å². The topological polar surface area (TPSA) is 32.8 Å². The lowest BCUT2D eigenvalue weighted by atomic mass is 9.69. The molecule has 12 aromatic carbocycles. The van der Waals surface area contributed by atoms with Crippen LogP contribution in [0.2, 0.25) is 0 Å². The molecule has 2 heterocycles. The Morgan fingerprint density at radius 1 is 0.281 bits per heavy atom. The van der Waals surface area contributed by atoms with Gasteiger partial charge in [0.25, 0.3) is 0 Å². The van der Waals surface area contributed by atoms with Gasteiger partial charge in [0.05, 0.1) is 5.41 Å². The highest BCUT2D eigenvalue weighted by Crippen LogP contribution is 2.68. The van der Waals surface area contributed by atoms with Gasteiger partial charge in [-0.15, -0.1) is 0 Å². The van der Waals surface area contributed by atoms with E-state index >= 15 is 0 Å². The molecule has 0 saturated heterocycles. The van der Waals surface area contributed by atoms with Gasteiger partial charge in [-0.3, -0.25) is 0 Å². The predicted molar refractivity (Wildman–Crippen MR) is 376 cm³/mol. The summed E-state index contributed by atoms with van der Waals surface area (Å²) < 4.78 is 14.1. The second kappa shape index (κ2) is 19.2. The van der Waals surface area contributed by atoms with Crippen LogP contribution in [-0.2, 0) is 27.1 Å². The van der Waals surface area contributed by atoms with E-state index in [1.807, 2.05) is 0 Å². The summed E-state index contributed by atoms with van der Waals surface area (Å²) in [6, 6.07) is 87.2. The Morgan fingerprint density at radius 2 is 0.697 bits per heavy atom. The van der Waals surface area contributed by atoms with E-state index in [4.69, 9.17) is 8.83 Å². The lowest BCUT2D eigenvalue weighted by Crippen LogP contribution is -2.26. The Bertz CT molecular complexity index is 5090. The number of hydrogen-bond donors (Lipinski definition) is 0. The van der Waals surface area contributed by atoms with E-state index in [2.05, 4.69) is 323 Å². The van der Waals surface area contributed by atoms with Gasteiger partial charge in [0.2, 0.25) is 0 Å². The third kappa shape index (κ3) is 8.25. The quantitative estimate of drug-likeness (QED) is 0.166. The van der Waals surface area contributed by atoms with Crippen LogP contribution in [0.25, 0.3) is 87.7 Å². The zero-order chi connectivity index (χ0) is 61.3. The Hall–Kier alpha value is -9.64. The van der Waals surface area contributed by atoms with Gasteiger partial charge in [0.1, 0.15) is 22.3 Å². The summed E-state index contributed by atoms with van der Waals surface area (Å²) in [5.74, 6) is 0. The Balaban J connectivity index is 1.01. The number of furan rings is 2. The molecule has 0 radical (unpaired) electrons. The highest BCUT2D eigenvalue weighted by Gasteiger charge is 2.54. The molecule has 2 aliphatic carbocycles. The monoisotopic (exact) mass is 1150 g/mol. The van der Waals surface area contributed by atoms with E-state index in [1.54, 1.807) is 0 Å². The van der Waals surface area contributed by atoms with Crippen molar-refractivity contribution in [2.24, 2.45) is 0 Å². The molecule has 0 aliphatic heterocycles. The number of hydrogen-bond acceptors (Lipinski definition) is 4. The summed E-state index contributed by atoms with van der Waals surface area (Å²) in [6.45, 7) is 27.4. The van der Waals surface area contributed by atoms with Crippen LogP contribution in [-0.4, -0.2) is 0 Å². The molecule has 14 aromatic rings. The molecule has 0 amide bonds. The van der Waals surface area contributed by atoms with Gasteiger partial charge >= 0.3 is 0 Å². The molecule has 436 valence electrons. The van der Waals surface area contributed by atoms with Crippen LogP contribution < -0.4 is 9.80 Å². The van der Waals surface area contributed by atoms with Gasteiger partial charge < -0.3 is 18.6 Å². The van der Waals surface area contributed by atoms with Crippen molar-refractivity contribution in [2.75, 3.05) is 9.80 Å². The Labute approximate surface area is 522 Å². The first-order valence-corrected chi connectivity index (χ1v) is 31.7. The SMILES string of the molecule is CC(C)(C)c1ccc(N(c2ccc(C(C)(C)C)cc2)c2ccc3c(c2)-c2ccccc2C32c3ccc4c(ccc5oc6ccccc6c54)c3-c3c2c2ccc(N(c4ccc(C(C)(C)C)cc4)c4ccc(C(C)(C)C)cc4)cc2c2oc4ccccc4c32)cc1. The summed E-state index contributed by atoms with van der Waals surface area (Å²) in [6.07, 6.45) is 0. The van der Waals surface area contributed by atoms with Gasteiger partial charge in [-0.25, -0.2) is 0 Å². The maximum Gasteiger partial charge on any atom is 0.143 e. The second-order valence-corrected chi connectivity index (χ2v) is 29.3. The molecule has 1 spiro atoms. The largest absolute Gasteiger partial charge is 0.456 e. The van der Waals surface area contributed by atoms with Crippen molar-refractivity contribution >= 4 is 99.5 Å². The predicted octanol–water partition coefficient (Wildman–Crippen LogP) is 24.3. The van der Waals surface area contributed by atoms with E-state index in [1.165, 1.54) is 77.5 Å². The fraction of sp³-hybridized carbons (Fsp3) is 0.200. The molecule has 0 saturated carbocycles. The number of anilines is 6. The Morgan fingerprint density at radius 3 is 1.24 bits per heavy atom. The molecule has 0 fully saturated rings. The number of fused-ring (bicyclic) bond motifs is 23. The molecule has 1 atom stereocenters. The first-order valence-electron chi connectivity index (χ1n) is 31.7. The van der Waals surface area contributed by atoms with E-state index < -0.39 is 5.41 Å². The maximum atomic E-state index is 7.41. The zero-order valence-corrected chi connectivity index (χ0v) is 53.2. The van der Waals surface area contributed by atoms with Crippen molar-refractivity contribution < 1.29 is 8.83 Å². The highest BCUT2D eigenvalue weighted by molar-refractivity contribution is 6.30. The van der Waals surface area contributed by atoms with Gasteiger partial charge in [0, 0.05) is 61.1 Å². The van der Waals surface area contributed by atoms with Crippen molar-refractivity contribution in [3.63, 3.8) is 0 Å². The minimum absolute atomic E-state index is 0.000279. The van der Waals surface area contributed by atoms with Crippen molar-refractivity contribution in [1.29, 1.82) is 0 Å². The van der Waals surface area contributed by atoms with Crippen molar-refractivity contribution in [1.82, 2.24) is 0 Å². The Kier molecular flexibility index (Phi) is 11.8. The van der Waals surface area contributed by atoms with Crippen LogP contribution in [0, 0.1) is 0 Å². The molecule has 1 unspecified atom stereocenters. The standard InChI is InChI=1S/C85H74N2O2/c1-81(2,3)51-25-33-55(34-26-51)86(56-35-27-52(28-36-56)82(4,5)6)59-41-43-64-68(50-59)80-77(66-21-15-18-24-73(66)89-80)78-76-63-45-48-74-75(65-20-14-17-23-72(65)88-74)62(63)44-47-71(76)85(79(64)78)69-22-16-13-19-61(69)67-49-60(42-46-70(67)85)87(57-37-29-53(30-38-57)83(7,8)9)58-39-31-54(32-40-58)84(10,11)12/h13-50H,1-12H3. The molecule has 2 aliphatic rings. The second-order valence-electron chi connectivity index (χ2n) is 29.3. The first-order chi connectivity index (χ1) is 42.7. The molecule has 4 heteroatoms. The maximum absolute atomic E-state index is 7.41. The molecular formula is C85H74N2O2. The van der Waals surface area contributed by atoms with E-state index in [0.29, 0.717) is 0 Å². The fourth-order valence-electron chi connectivity index (χ4n) is 15.1. The minimum atomic E-state index is -0.762. The smallest absolute Gasteiger partial charge is 0.143 e. The van der Waals surface area contributed by atoms with Crippen molar-refractivity contribution in [3.8, 4) is 22.3 Å². The molecule has 89 heavy (non-hydrogen) atoms. The molecule has 4 nitrogen and oxygen atoms in total. The average Bonchev–Trinajstić information content (AvgIpc) is 1.49. The van der Waals surface area contributed by atoms with Crippen LogP contribution >= 0.6 is 0 Å². The van der Waals surface area contributed by atoms with Crippen LogP contribution in [0.4, 0.5) is 34.1 Å². The molecule has 0 bridgehead atoms. The van der Waals surface area contributed by atoms with Gasteiger partial charge in [0.15, 0.2) is 0 Å². The number of benzene rings is 12. The van der Waals surface area contributed by atoms with Crippen LogP contribution in [0.1, 0.15) is 128 Å². The number of nitrogens with zero attached hydrogens (tertiary/aromatic N) is 2. The first kappa shape index (κ1) is 54.7. The molecule has 0 N–H and O–H groups in total. The minimum Gasteiger partial charge on any atom is -0.456 e. The van der Waals surface area contributed by atoms with Gasteiger partial charge in [-0.1, -0.05) is 217 Å². The summed E-state index contributed by atoms with van der Waals surface area (Å²) in [4.78, 5) is 4.88. The summed E-state index contributed by atoms with van der Waals surface area (Å²) in [7, 11) is 0. The summed E-state index contributed by atoms with van der Waals surface area (Å²) in [5, 5.41) is 9.07. The lowest BCUT2D eigenvalue weighted by Gasteiger charge is -2.33. The van der Waals surface area contributed by atoms with Crippen LogP contribution in [0.15, 0.2) is 239 Å². The number of rotatable bonds is 6. The molecular weight excluding hydrogens is 1080 g/mol. The van der Waals surface area contributed by atoms with Crippen molar-refractivity contribution in [3.05, 3.63) is 275 Å². The fourth-order valence-corrected chi connectivity index (χ4v) is 15.1. The normalized spacial score (nSPS) is 14.8. The van der Waals surface area contributed by atoms with Gasteiger partial charge in [-0.05, 0) is 202 Å². The summed E-state index contributed by atoms with van der Waals surface area (Å²) >= 11 is 0. The van der Waals surface area contributed by atoms with Crippen LogP contribution in [0.5, 0.6) is 0 Å². The van der Waals surface area contributed by atoms with E-state index in [9.17, 15) is 0 Å². The van der Waals surface area contributed by atoms with Gasteiger partial charge in [-0.2, -0.15) is 0 Å². The third-order valence-corrected chi connectivity index (χ3v) is 19.7. The zero-order valence-electron chi connectivity index (χ0n) is 53.2. The van der Waals surface area contributed by atoms with E-state index in [0.717, 1.165) is 88.8 Å². The third-order valence-electron chi connectivity index (χ3n) is 19.7. The summed E-state index contributed by atoms with van der Waals surface area (Å²) in [5.41, 5.74) is 24.5. The van der Waals surface area contributed by atoms with Crippen molar-refractivity contribution in [2.45, 2.75) is 110 Å². The molecule has 16 rings (SSSR count). The average molecular weight is 1160 g/mol. The van der Waals surface area contributed by atoms with E-state index in [-0.39, 0.29) is 21.7 Å². The highest BCUT2D eigenvalue weighted by atomic mass is 16.3. The lowest BCUT2D eigenvalue weighted by molar-refractivity contribution is 0.590.